The number of halogens is 1. The van der Waals surface area contributed by atoms with Gasteiger partial charge in [-0.05, 0) is 42.3 Å². The van der Waals surface area contributed by atoms with Crippen molar-refractivity contribution in [1.29, 1.82) is 0 Å². The molecule has 0 saturated carbocycles. The van der Waals surface area contributed by atoms with E-state index in [1.807, 2.05) is 48.5 Å². The SMILES string of the molecule is COc1ccc([C@@H]2[C@H]3C(=O)N(c4cccc(Br)c4)C(=O)[C@H]3N3CCCN23)cc1. The second-order valence-corrected chi connectivity index (χ2v) is 8.28. The third-order valence-electron chi connectivity index (χ3n) is 5.93. The van der Waals surface area contributed by atoms with Gasteiger partial charge in [-0.3, -0.25) is 9.59 Å². The summed E-state index contributed by atoms with van der Waals surface area (Å²) in [4.78, 5) is 28.2. The Labute approximate surface area is 171 Å². The molecule has 6 nitrogen and oxygen atoms in total. The van der Waals surface area contributed by atoms with Crippen LogP contribution < -0.4 is 9.64 Å². The molecular weight excluding hydrogens is 422 g/mol. The van der Waals surface area contributed by atoms with Gasteiger partial charge >= 0.3 is 0 Å². The summed E-state index contributed by atoms with van der Waals surface area (Å²) in [6.07, 6.45) is 0.994. The Morgan fingerprint density at radius 1 is 0.964 bits per heavy atom. The lowest BCUT2D eigenvalue weighted by molar-refractivity contribution is -0.126. The largest absolute Gasteiger partial charge is 0.497 e. The van der Waals surface area contributed by atoms with Gasteiger partial charge in [-0.25, -0.2) is 14.9 Å². The number of anilines is 1. The number of hydrogen-bond donors (Lipinski definition) is 0. The molecule has 3 aliphatic rings. The van der Waals surface area contributed by atoms with Crippen LogP contribution in [0.5, 0.6) is 5.75 Å². The molecule has 28 heavy (non-hydrogen) atoms. The van der Waals surface area contributed by atoms with Crippen molar-refractivity contribution >= 4 is 33.4 Å². The van der Waals surface area contributed by atoms with Crippen LogP contribution in [-0.2, 0) is 9.59 Å². The van der Waals surface area contributed by atoms with Gasteiger partial charge in [0.05, 0.1) is 24.8 Å². The molecule has 0 bridgehead atoms. The molecule has 5 rings (SSSR count). The van der Waals surface area contributed by atoms with E-state index in [1.54, 1.807) is 7.11 Å². The van der Waals surface area contributed by atoms with Gasteiger partial charge in [0.25, 0.3) is 5.91 Å². The number of carbonyl (C=O) groups excluding carboxylic acids is 2. The van der Waals surface area contributed by atoms with Crippen LogP contribution in [0, 0.1) is 5.92 Å². The van der Waals surface area contributed by atoms with Gasteiger partial charge in [-0.2, -0.15) is 0 Å². The fraction of sp³-hybridized carbons (Fsp3) is 0.333. The van der Waals surface area contributed by atoms with Crippen molar-refractivity contribution in [1.82, 2.24) is 10.0 Å². The lowest BCUT2D eigenvalue weighted by Crippen LogP contribution is -2.44. The van der Waals surface area contributed by atoms with Gasteiger partial charge in [0.15, 0.2) is 0 Å². The zero-order valence-electron chi connectivity index (χ0n) is 15.4. The Bertz CT molecular complexity index is 948. The maximum absolute atomic E-state index is 13.5. The highest BCUT2D eigenvalue weighted by molar-refractivity contribution is 9.10. The zero-order chi connectivity index (χ0) is 19.4. The molecule has 7 heteroatoms. The summed E-state index contributed by atoms with van der Waals surface area (Å²) in [5.74, 6) is 0.126. The molecule has 2 amide bonds. The molecule has 0 unspecified atom stereocenters. The number of carbonyl (C=O) groups is 2. The van der Waals surface area contributed by atoms with E-state index in [-0.39, 0.29) is 17.9 Å². The molecule has 0 N–H and O–H groups in total. The Balaban J connectivity index is 1.56. The number of benzene rings is 2. The van der Waals surface area contributed by atoms with E-state index in [0.717, 1.165) is 35.3 Å². The molecule has 0 spiro atoms. The van der Waals surface area contributed by atoms with Crippen LogP contribution in [0.3, 0.4) is 0 Å². The van der Waals surface area contributed by atoms with E-state index in [9.17, 15) is 9.59 Å². The summed E-state index contributed by atoms with van der Waals surface area (Å²) in [5, 5.41) is 4.32. The van der Waals surface area contributed by atoms with E-state index in [1.165, 1.54) is 4.90 Å². The van der Waals surface area contributed by atoms with Crippen molar-refractivity contribution in [3.63, 3.8) is 0 Å². The minimum Gasteiger partial charge on any atom is -0.497 e. The number of ether oxygens (including phenoxy) is 1. The number of imide groups is 1. The third kappa shape index (κ3) is 2.53. The van der Waals surface area contributed by atoms with Gasteiger partial charge in [-0.1, -0.05) is 34.1 Å². The molecule has 3 aliphatic heterocycles. The summed E-state index contributed by atoms with van der Waals surface area (Å²) in [5.41, 5.74) is 1.66. The highest BCUT2D eigenvalue weighted by atomic mass is 79.9. The molecule has 2 aromatic carbocycles. The van der Waals surface area contributed by atoms with Gasteiger partial charge in [0, 0.05) is 17.6 Å². The predicted octanol–water partition coefficient (Wildman–Crippen LogP) is 2.99. The fourth-order valence-electron chi connectivity index (χ4n) is 4.78. The first-order valence-corrected chi connectivity index (χ1v) is 10.2. The van der Waals surface area contributed by atoms with Crippen LogP contribution in [0.4, 0.5) is 5.69 Å². The number of rotatable bonds is 3. The number of methoxy groups -OCH3 is 1. The Morgan fingerprint density at radius 2 is 1.68 bits per heavy atom. The van der Waals surface area contributed by atoms with Gasteiger partial charge in [-0.15, -0.1) is 0 Å². The van der Waals surface area contributed by atoms with Crippen LogP contribution in [0.2, 0.25) is 0 Å². The number of hydrazine groups is 1. The van der Waals surface area contributed by atoms with E-state index in [0.29, 0.717) is 5.69 Å². The maximum Gasteiger partial charge on any atom is 0.253 e. The van der Waals surface area contributed by atoms with Gasteiger partial charge < -0.3 is 4.74 Å². The molecule has 0 aliphatic carbocycles. The topological polar surface area (TPSA) is 53.1 Å². The van der Waals surface area contributed by atoms with Crippen molar-refractivity contribution in [2.24, 2.45) is 5.92 Å². The lowest BCUT2D eigenvalue weighted by Gasteiger charge is -2.29. The maximum atomic E-state index is 13.5. The van der Waals surface area contributed by atoms with Crippen molar-refractivity contribution in [3.05, 3.63) is 58.6 Å². The highest BCUT2D eigenvalue weighted by Crippen LogP contribution is 2.49. The van der Waals surface area contributed by atoms with Crippen molar-refractivity contribution in [3.8, 4) is 5.75 Å². The van der Waals surface area contributed by atoms with E-state index in [4.69, 9.17) is 4.74 Å². The van der Waals surface area contributed by atoms with Gasteiger partial charge in [0.2, 0.25) is 5.91 Å². The van der Waals surface area contributed by atoms with Crippen LogP contribution in [0.25, 0.3) is 0 Å². The first-order chi connectivity index (χ1) is 13.6. The monoisotopic (exact) mass is 441 g/mol. The average Bonchev–Trinajstić information content (AvgIpc) is 3.34. The second kappa shape index (κ2) is 6.69. The Kier molecular flexibility index (Phi) is 4.26. The first kappa shape index (κ1) is 17.8. The first-order valence-electron chi connectivity index (χ1n) is 9.40. The summed E-state index contributed by atoms with van der Waals surface area (Å²) in [6, 6.07) is 14.6. The fourth-order valence-corrected chi connectivity index (χ4v) is 5.17. The summed E-state index contributed by atoms with van der Waals surface area (Å²) in [7, 11) is 1.64. The van der Waals surface area contributed by atoms with E-state index >= 15 is 0 Å². The number of fused-ring (bicyclic) bond motifs is 3. The van der Waals surface area contributed by atoms with Crippen molar-refractivity contribution < 1.29 is 14.3 Å². The minimum atomic E-state index is -0.430. The van der Waals surface area contributed by atoms with Crippen LogP contribution in [0.1, 0.15) is 18.0 Å². The van der Waals surface area contributed by atoms with Crippen LogP contribution in [0.15, 0.2) is 53.0 Å². The number of nitrogens with zero attached hydrogens (tertiary/aromatic N) is 3. The summed E-state index contributed by atoms with van der Waals surface area (Å²) in [6.45, 7) is 1.67. The minimum absolute atomic E-state index is 0.122. The second-order valence-electron chi connectivity index (χ2n) is 7.36. The molecular formula is C21H20BrN3O3. The molecule has 144 valence electrons. The quantitative estimate of drug-likeness (QED) is 0.685. The average molecular weight is 442 g/mol. The molecule has 3 fully saturated rings. The smallest absolute Gasteiger partial charge is 0.253 e. The molecule has 0 radical (unpaired) electrons. The molecule has 3 atom stereocenters. The summed E-state index contributed by atoms with van der Waals surface area (Å²) >= 11 is 3.44. The van der Waals surface area contributed by atoms with E-state index in [2.05, 4.69) is 25.9 Å². The number of amides is 2. The molecule has 3 saturated heterocycles. The summed E-state index contributed by atoms with van der Waals surface area (Å²) < 4.78 is 6.12. The third-order valence-corrected chi connectivity index (χ3v) is 6.42. The predicted molar refractivity (Wildman–Crippen MR) is 108 cm³/mol. The van der Waals surface area contributed by atoms with Crippen LogP contribution in [-0.4, -0.2) is 48.1 Å². The van der Waals surface area contributed by atoms with Crippen molar-refractivity contribution in [2.75, 3.05) is 25.1 Å². The molecule has 2 aromatic rings. The zero-order valence-corrected chi connectivity index (χ0v) is 17.0. The Hall–Kier alpha value is -2.22. The Morgan fingerprint density at radius 3 is 2.36 bits per heavy atom. The lowest BCUT2D eigenvalue weighted by atomic mass is 9.90. The normalized spacial score (nSPS) is 27.4. The molecule has 3 heterocycles. The van der Waals surface area contributed by atoms with Crippen LogP contribution >= 0.6 is 15.9 Å². The standard InChI is InChI=1S/C21H20BrN3O3/c1-28-16-8-6-13(7-9-16)18-17-19(24-11-3-10-23(18)24)21(27)25(20(17)26)15-5-2-4-14(22)12-15/h2,4-9,12,17-19H,3,10-11H2,1H3/t17-,18-,19+/m1/s1. The van der Waals surface area contributed by atoms with E-state index < -0.39 is 12.0 Å². The number of hydrogen-bond acceptors (Lipinski definition) is 5. The van der Waals surface area contributed by atoms with Crippen molar-refractivity contribution in [2.45, 2.75) is 18.5 Å². The van der Waals surface area contributed by atoms with Gasteiger partial charge in [0.1, 0.15) is 11.8 Å². The highest BCUT2D eigenvalue weighted by Gasteiger charge is 2.62. The molecule has 0 aromatic heterocycles.